The summed E-state index contributed by atoms with van der Waals surface area (Å²) in [5, 5.41) is 0.249. The number of carbonyl (C=O) groups excluding carboxylic acids is 2. The first-order valence-corrected chi connectivity index (χ1v) is 11.9. The zero-order valence-electron chi connectivity index (χ0n) is 20.7. The molecule has 7 heteroatoms. The van der Waals surface area contributed by atoms with Crippen LogP contribution in [-0.2, 0) is 20.7 Å². The second-order valence-corrected chi connectivity index (χ2v) is 8.83. The van der Waals surface area contributed by atoms with Gasteiger partial charge in [-0.3, -0.25) is 14.5 Å². The molecule has 0 spiro atoms. The van der Waals surface area contributed by atoms with Crippen LogP contribution >= 0.6 is 12.2 Å². The molecule has 0 bridgehead atoms. The molecule has 0 radical (unpaired) electrons. The quantitative estimate of drug-likeness (QED) is 0.293. The molecular weight excluding hydrogens is 448 g/mol. The van der Waals surface area contributed by atoms with Crippen LogP contribution in [0.3, 0.4) is 0 Å². The minimum atomic E-state index is -0.476. The van der Waals surface area contributed by atoms with Crippen molar-refractivity contribution in [3.8, 4) is 5.75 Å². The smallest absolute Gasteiger partial charge is 0.325 e. The van der Waals surface area contributed by atoms with Crippen molar-refractivity contribution in [1.82, 2.24) is 4.90 Å². The molecule has 1 heterocycles. The van der Waals surface area contributed by atoms with Gasteiger partial charge in [0.05, 0.1) is 19.4 Å². The predicted octanol–water partition coefficient (Wildman–Crippen LogP) is 5.23. The summed E-state index contributed by atoms with van der Waals surface area (Å²) in [5.74, 6) is 0.321. The summed E-state index contributed by atoms with van der Waals surface area (Å²) in [4.78, 5) is 28.8. The van der Waals surface area contributed by atoms with Crippen LogP contribution < -0.4 is 9.64 Å². The zero-order valence-corrected chi connectivity index (χ0v) is 21.5. The molecule has 2 aromatic rings. The SMILES string of the molecule is CCOc1cc(C)c(/C=C2/C(=O)N(c3ccc(CC)cc3)C(=S)N2CC(=O)OC)cc1C(C)C. The van der Waals surface area contributed by atoms with E-state index in [0.29, 0.717) is 18.0 Å². The first-order valence-electron chi connectivity index (χ1n) is 11.5. The highest BCUT2D eigenvalue weighted by Gasteiger charge is 2.40. The molecular formula is C27H32N2O4S. The van der Waals surface area contributed by atoms with E-state index >= 15 is 0 Å². The molecule has 0 aliphatic carbocycles. The highest BCUT2D eigenvalue weighted by Crippen LogP contribution is 2.34. The molecule has 1 saturated heterocycles. The Morgan fingerprint density at radius 2 is 1.82 bits per heavy atom. The lowest BCUT2D eigenvalue weighted by molar-refractivity contribution is -0.140. The molecule has 180 valence electrons. The van der Waals surface area contributed by atoms with Crippen LogP contribution in [0.5, 0.6) is 5.75 Å². The minimum Gasteiger partial charge on any atom is -0.494 e. The molecule has 0 saturated carbocycles. The highest BCUT2D eigenvalue weighted by molar-refractivity contribution is 7.80. The monoisotopic (exact) mass is 480 g/mol. The Bertz CT molecular complexity index is 1120. The van der Waals surface area contributed by atoms with E-state index in [1.807, 2.05) is 50.2 Å². The number of methoxy groups -OCH3 is 1. The van der Waals surface area contributed by atoms with Crippen molar-refractivity contribution in [1.29, 1.82) is 0 Å². The number of hydrogen-bond acceptors (Lipinski definition) is 5. The van der Waals surface area contributed by atoms with Gasteiger partial charge in [0.25, 0.3) is 5.91 Å². The van der Waals surface area contributed by atoms with Gasteiger partial charge in [0.2, 0.25) is 0 Å². The molecule has 1 aliphatic rings. The van der Waals surface area contributed by atoms with Crippen molar-refractivity contribution in [2.75, 3.05) is 25.2 Å². The number of nitrogens with zero attached hydrogens (tertiary/aromatic N) is 2. The summed E-state index contributed by atoms with van der Waals surface area (Å²) < 4.78 is 10.7. The summed E-state index contributed by atoms with van der Waals surface area (Å²) in [6.45, 7) is 10.6. The average molecular weight is 481 g/mol. The summed E-state index contributed by atoms with van der Waals surface area (Å²) in [5.41, 5.74) is 5.04. The lowest BCUT2D eigenvalue weighted by Crippen LogP contribution is -2.35. The van der Waals surface area contributed by atoms with Crippen LogP contribution in [0.15, 0.2) is 42.1 Å². The van der Waals surface area contributed by atoms with E-state index in [0.717, 1.165) is 34.4 Å². The van der Waals surface area contributed by atoms with Gasteiger partial charge in [0.1, 0.15) is 18.0 Å². The average Bonchev–Trinajstić information content (AvgIpc) is 3.04. The zero-order chi connectivity index (χ0) is 25.0. The highest BCUT2D eigenvalue weighted by atomic mass is 32.1. The van der Waals surface area contributed by atoms with E-state index in [1.54, 1.807) is 11.0 Å². The second-order valence-electron chi connectivity index (χ2n) is 8.47. The molecule has 1 amide bonds. The maximum absolute atomic E-state index is 13.6. The largest absolute Gasteiger partial charge is 0.494 e. The number of ether oxygens (including phenoxy) is 2. The van der Waals surface area contributed by atoms with Gasteiger partial charge in [0.15, 0.2) is 5.11 Å². The molecule has 2 aromatic carbocycles. The third-order valence-corrected chi connectivity index (χ3v) is 6.27. The Balaban J connectivity index is 2.11. The van der Waals surface area contributed by atoms with Crippen molar-refractivity contribution in [3.63, 3.8) is 0 Å². The Morgan fingerprint density at radius 3 is 2.38 bits per heavy atom. The topological polar surface area (TPSA) is 59.1 Å². The molecule has 6 nitrogen and oxygen atoms in total. The van der Waals surface area contributed by atoms with Gasteiger partial charge in [-0.05, 0) is 91.0 Å². The van der Waals surface area contributed by atoms with Crippen LogP contribution in [-0.4, -0.2) is 42.2 Å². The van der Waals surface area contributed by atoms with Crippen LogP contribution in [0.25, 0.3) is 6.08 Å². The van der Waals surface area contributed by atoms with E-state index in [9.17, 15) is 9.59 Å². The van der Waals surface area contributed by atoms with Gasteiger partial charge < -0.3 is 14.4 Å². The molecule has 3 rings (SSSR count). The second kappa shape index (κ2) is 10.8. The van der Waals surface area contributed by atoms with Crippen molar-refractivity contribution in [2.24, 2.45) is 0 Å². The fourth-order valence-electron chi connectivity index (χ4n) is 3.89. The number of aryl methyl sites for hydroxylation is 2. The van der Waals surface area contributed by atoms with Crippen molar-refractivity contribution in [2.45, 2.75) is 47.0 Å². The Kier molecular flexibility index (Phi) is 8.10. The fraction of sp³-hybridized carbons (Fsp3) is 0.370. The number of thiocarbonyl (C=S) groups is 1. The normalized spacial score (nSPS) is 15.0. The fourth-order valence-corrected chi connectivity index (χ4v) is 4.24. The maximum Gasteiger partial charge on any atom is 0.325 e. The molecule has 1 fully saturated rings. The van der Waals surface area contributed by atoms with Gasteiger partial charge in [-0.2, -0.15) is 0 Å². The van der Waals surface area contributed by atoms with Gasteiger partial charge in [-0.25, -0.2) is 0 Å². The predicted molar refractivity (Wildman–Crippen MR) is 139 cm³/mol. The first kappa shape index (κ1) is 25.4. The number of hydrogen-bond donors (Lipinski definition) is 0. The van der Waals surface area contributed by atoms with E-state index < -0.39 is 5.97 Å². The van der Waals surface area contributed by atoms with Crippen LogP contribution in [0.4, 0.5) is 5.69 Å². The Hall–Kier alpha value is -3.19. The lowest BCUT2D eigenvalue weighted by Gasteiger charge is -2.20. The van der Waals surface area contributed by atoms with Crippen molar-refractivity contribution >= 4 is 41.0 Å². The molecule has 0 unspecified atom stereocenters. The third kappa shape index (κ3) is 5.14. The maximum atomic E-state index is 13.6. The molecule has 34 heavy (non-hydrogen) atoms. The van der Waals surface area contributed by atoms with E-state index in [-0.39, 0.29) is 23.5 Å². The van der Waals surface area contributed by atoms with E-state index in [2.05, 4.69) is 20.8 Å². The molecule has 0 N–H and O–H groups in total. The number of rotatable bonds is 8. The molecule has 1 aliphatic heterocycles. The van der Waals surface area contributed by atoms with Crippen LogP contribution in [0.1, 0.15) is 55.9 Å². The van der Waals surface area contributed by atoms with Gasteiger partial charge in [-0.15, -0.1) is 0 Å². The van der Waals surface area contributed by atoms with Gasteiger partial charge >= 0.3 is 5.97 Å². The first-order chi connectivity index (χ1) is 16.2. The van der Waals surface area contributed by atoms with E-state index in [4.69, 9.17) is 21.7 Å². The molecule has 0 atom stereocenters. The van der Waals surface area contributed by atoms with Crippen molar-refractivity contribution < 1.29 is 19.1 Å². The van der Waals surface area contributed by atoms with E-state index in [1.165, 1.54) is 12.0 Å². The number of benzene rings is 2. The number of anilines is 1. The standard InChI is InChI=1S/C27H32N2O4S/c1-7-19-9-11-21(12-10-19)29-26(31)23(28(27(29)34)16-25(30)32-6)15-20-14-22(17(3)4)24(33-8-2)13-18(20)5/h9-15,17H,7-8,16H2,1-6H3/b23-15-. The Labute approximate surface area is 207 Å². The third-order valence-electron chi connectivity index (χ3n) is 5.87. The molecule has 0 aromatic heterocycles. The summed E-state index contributed by atoms with van der Waals surface area (Å²) >= 11 is 5.66. The minimum absolute atomic E-state index is 0.149. The van der Waals surface area contributed by atoms with Gasteiger partial charge in [-0.1, -0.05) is 32.9 Å². The number of esters is 1. The number of amides is 1. The summed E-state index contributed by atoms with van der Waals surface area (Å²) in [6, 6.07) is 11.7. The van der Waals surface area contributed by atoms with Gasteiger partial charge in [0, 0.05) is 0 Å². The van der Waals surface area contributed by atoms with Crippen LogP contribution in [0, 0.1) is 6.92 Å². The van der Waals surface area contributed by atoms with Crippen molar-refractivity contribution in [3.05, 3.63) is 64.3 Å². The lowest BCUT2D eigenvalue weighted by atomic mass is 9.96. The Morgan fingerprint density at radius 1 is 1.15 bits per heavy atom. The number of carbonyl (C=O) groups is 2. The summed E-state index contributed by atoms with van der Waals surface area (Å²) in [7, 11) is 1.32. The van der Waals surface area contributed by atoms with Crippen LogP contribution in [0.2, 0.25) is 0 Å². The summed E-state index contributed by atoms with van der Waals surface area (Å²) in [6.07, 6.45) is 2.70.